The van der Waals surface area contributed by atoms with Gasteiger partial charge in [-0.1, -0.05) is 55.6 Å². The van der Waals surface area contributed by atoms with Gasteiger partial charge in [-0.3, -0.25) is 19.2 Å². The van der Waals surface area contributed by atoms with Gasteiger partial charge in [0.05, 0.1) is 28.7 Å². The molecule has 3 amide bonds. The lowest BCUT2D eigenvalue weighted by Crippen LogP contribution is -2.52. The standard InChI is InChI=1S/C29H21Br2ClN2O7/c30-24-17-12-18(25(24)31)23-22(17)27(37)34(28(23)38)33(26(36)16-4-1-2-5-19(16)32)13-20(35)14-7-9-15(10-8-14)41-29(39)21-6-3-11-40-21/h1-11,17-18,22-25H,12-13H2/t17-,18-,22-,23-,24-,25+/m1/s1. The second-order valence-corrected chi connectivity index (χ2v) is 12.7. The number of fused-ring (bicyclic) bond motifs is 5. The molecule has 3 aromatic rings. The number of esters is 1. The molecule has 2 saturated carbocycles. The van der Waals surface area contributed by atoms with Gasteiger partial charge < -0.3 is 9.15 Å². The molecule has 6 atom stereocenters. The SMILES string of the molecule is O=C(CN(C(=O)c1ccccc1Cl)N1C(=O)[C@@H]2[C@H]3C[C@@H]([C@@H](Br)[C@H]3Br)[C@H]2C1=O)c1ccc(OC(=O)c2ccco2)cc1. The number of hydrogen-bond donors (Lipinski definition) is 0. The average Bonchev–Trinajstić information content (AvgIpc) is 3.74. The molecule has 41 heavy (non-hydrogen) atoms. The van der Waals surface area contributed by atoms with Crippen LogP contribution in [0.15, 0.2) is 71.3 Å². The number of hydrazine groups is 1. The second kappa shape index (κ2) is 10.8. The smallest absolute Gasteiger partial charge is 0.379 e. The summed E-state index contributed by atoms with van der Waals surface area (Å²) in [4.78, 5) is 66.9. The molecule has 0 spiro atoms. The Morgan fingerprint density at radius 2 is 1.56 bits per heavy atom. The Bertz CT molecular complexity index is 1530. The summed E-state index contributed by atoms with van der Waals surface area (Å²) in [5.74, 6) is -4.07. The molecule has 1 saturated heterocycles. The molecule has 1 aliphatic heterocycles. The molecule has 210 valence electrons. The molecular weight excluding hydrogens is 684 g/mol. The molecule has 0 radical (unpaired) electrons. The third-order valence-electron chi connectivity index (χ3n) is 7.95. The van der Waals surface area contributed by atoms with Crippen LogP contribution in [0.4, 0.5) is 0 Å². The fourth-order valence-corrected chi connectivity index (χ4v) is 8.16. The van der Waals surface area contributed by atoms with E-state index in [1.807, 2.05) is 0 Å². The predicted molar refractivity (Wildman–Crippen MR) is 153 cm³/mol. The maximum Gasteiger partial charge on any atom is 0.379 e. The number of carbonyl (C=O) groups excluding carboxylic acids is 5. The first-order chi connectivity index (χ1) is 19.7. The fourth-order valence-electron chi connectivity index (χ4n) is 6.07. The molecule has 3 aliphatic rings. The quantitative estimate of drug-likeness (QED) is 0.110. The Hall–Kier alpha value is -3.28. The first-order valence-corrected chi connectivity index (χ1v) is 15.0. The van der Waals surface area contributed by atoms with Crippen LogP contribution in [0.25, 0.3) is 0 Å². The number of ether oxygens (including phenoxy) is 1. The number of imide groups is 1. The third kappa shape index (κ3) is 4.73. The zero-order valence-corrected chi connectivity index (χ0v) is 25.0. The lowest BCUT2D eigenvalue weighted by molar-refractivity contribution is -0.154. The monoisotopic (exact) mass is 702 g/mol. The highest BCUT2D eigenvalue weighted by atomic mass is 79.9. The molecule has 0 unspecified atom stereocenters. The average molecular weight is 705 g/mol. The van der Waals surface area contributed by atoms with Crippen LogP contribution in [0.3, 0.4) is 0 Å². The fraction of sp³-hybridized carbons (Fsp3) is 0.276. The highest BCUT2D eigenvalue weighted by Gasteiger charge is 2.67. The van der Waals surface area contributed by atoms with E-state index in [1.165, 1.54) is 48.7 Å². The van der Waals surface area contributed by atoms with Gasteiger partial charge in [-0.15, -0.1) is 0 Å². The Kier molecular flexibility index (Phi) is 7.37. The molecule has 2 aromatic carbocycles. The van der Waals surface area contributed by atoms with E-state index in [0.717, 1.165) is 16.4 Å². The van der Waals surface area contributed by atoms with Gasteiger partial charge in [0.1, 0.15) is 12.3 Å². The molecule has 2 heterocycles. The van der Waals surface area contributed by atoms with E-state index in [0.29, 0.717) is 0 Å². The van der Waals surface area contributed by atoms with Crippen LogP contribution >= 0.6 is 43.5 Å². The summed E-state index contributed by atoms with van der Waals surface area (Å²) in [5, 5.41) is 1.88. The van der Waals surface area contributed by atoms with Crippen LogP contribution in [-0.2, 0) is 9.59 Å². The zero-order chi connectivity index (χ0) is 29.0. The van der Waals surface area contributed by atoms with Gasteiger partial charge in [0.25, 0.3) is 17.7 Å². The van der Waals surface area contributed by atoms with Crippen molar-refractivity contribution in [2.75, 3.05) is 6.54 Å². The minimum absolute atomic E-state index is 0.0141. The zero-order valence-electron chi connectivity index (χ0n) is 21.1. The number of benzene rings is 2. The van der Waals surface area contributed by atoms with Crippen molar-refractivity contribution in [2.24, 2.45) is 23.7 Å². The number of nitrogens with zero attached hydrogens (tertiary/aromatic N) is 2. The molecule has 3 fully saturated rings. The van der Waals surface area contributed by atoms with Crippen molar-refractivity contribution in [2.45, 2.75) is 16.1 Å². The van der Waals surface area contributed by atoms with Crippen molar-refractivity contribution in [3.05, 3.63) is 88.8 Å². The van der Waals surface area contributed by atoms with Gasteiger partial charge in [0.15, 0.2) is 5.78 Å². The summed E-state index contributed by atoms with van der Waals surface area (Å²) >= 11 is 13.6. The molecule has 2 aliphatic carbocycles. The number of carbonyl (C=O) groups is 5. The number of amides is 3. The summed E-state index contributed by atoms with van der Waals surface area (Å²) < 4.78 is 10.3. The lowest BCUT2D eigenvalue weighted by Gasteiger charge is -2.31. The number of furan rings is 1. The van der Waals surface area contributed by atoms with Gasteiger partial charge >= 0.3 is 5.97 Å². The summed E-state index contributed by atoms with van der Waals surface area (Å²) in [7, 11) is 0. The van der Waals surface area contributed by atoms with Crippen molar-refractivity contribution in [1.29, 1.82) is 0 Å². The van der Waals surface area contributed by atoms with Gasteiger partial charge in [-0.05, 0) is 66.8 Å². The molecule has 6 rings (SSSR count). The van der Waals surface area contributed by atoms with Crippen LogP contribution < -0.4 is 4.74 Å². The first kappa shape index (κ1) is 27.9. The number of rotatable bonds is 7. The maximum absolute atomic E-state index is 13.8. The minimum atomic E-state index is -0.743. The summed E-state index contributed by atoms with van der Waals surface area (Å²) in [6, 6.07) is 15.0. The second-order valence-electron chi connectivity index (χ2n) is 10.1. The summed E-state index contributed by atoms with van der Waals surface area (Å²) in [5.41, 5.74) is 0.236. The number of alkyl halides is 2. The Morgan fingerprint density at radius 1 is 0.927 bits per heavy atom. The van der Waals surface area contributed by atoms with Crippen molar-refractivity contribution in [3.63, 3.8) is 0 Å². The highest BCUT2D eigenvalue weighted by molar-refractivity contribution is 9.12. The summed E-state index contributed by atoms with van der Waals surface area (Å²) in [6.45, 7) is -0.586. The van der Waals surface area contributed by atoms with Crippen molar-refractivity contribution in [1.82, 2.24) is 10.0 Å². The molecule has 0 N–H and O–H groups in total. The maximum atomic E-state index is 13.8. The number of hydrogen-bond acceptors (Lipinski definition) is 7. The van der Waals surface area contributed by atoms with E-state index >= 15 is 0 Å². The topological polar surface area (TPSA) is 114 Å². The number of ketones is 1. The Balaban J connectivity index is 1.27. The molecule has 2 bridgehead atoms. The number of Topliss-reactive ketones (excluding diaryl/α,β-unsaturated/α-hetero) is 1. The van der Waals surface area contributed by atoms with Crippen LogP contribution in [-0.4, -0.2) is 55.7 Å². The normalized spacial score (nSPS) is 26.3. The van der Waals surface area contributed by atoms with E-state index in [2.05, 4.69) is 31.9 Å². The van der Waals surface area contributed by atoms with Gasteiger partial charge in [0.2, 0.25) is 5.76 Å². The van der Waals surface area contributed by atoms with Crippen LogP contribution in [0.5, 0.6) is 5.75 Å². The van der Waals surface area contributed by atoms with E-state index in [1.54, 1.807) is 18.2 Å². The van der Waals surface area contributed by atoms with E-state index < -0.39 is 47.9 Å². The third-order valence-corrected chi connectivity index (χ3v) is 11.5. The highest BCUT2D eigenvalue weighted by Crippen LogP contribution is 2.60. The van der Waals surface area contributed by atoms with E-state index in [9.17, 15) is 24.0 Å². The van der Waals surface area contributed by atoms with E-state index in [4.69, 9.17) is 20.8 Å². The first-order valence-electron chi connectivity index (χ1n) is 12.8. The lowest BCUT2D eigenvalue weighted by atomic mass is 9.81. The van der Waals surface area contributed by atoms with Crippen LogP contribution in [0.1, 0.15) is 37.7 Å². The largest absolute Gasteiger partial charge is 0.457 e. The van der Waals surface area contributed by atoms with Gasteiger partial charge in [0, 0.05) is 15.2 Å². The summed E-state index contributed by atoms with van der Waals surface area (Å²) in [6.07, 6.45) is 2.07. The van der Waals surface area contributed by atoms with Crippen molar-refractivity contribution >= 4 is 72.9 Å². The van der Waals surface area contributed by atoms with Crippen molar-refractivity contribution in [3.8, 4) is 5.75 Å². The molecule has 12 heteroatoms. The molecular formula is C29H21Br2ClN2O7. The molecule has 9 nitrogen and oxygen atoms in total. The van der Waals surface area contributed by atoms with Crippen LogP contribution in [0, 0.1) is 23.7 Å². The minimum Gasteiger partial charge on any atom is -0.457 e. The van der Waals surface area contributed by atoms with E-state index in [-0.39, 0.29) is 49.1 Å². The van der Waals surface area contributed by atoms with Gasteiger partial charge in [-0.25, -0.2) is 9.80 Å². The van der Waals surface area contributed by atoms with Gasteiger partial charge in [-0.2, -0.15) is 5.01 Å². The molecule has 1 aromatic heterocycles. The van der Waals surface area contributed by atoms with Crippen LogP contribution in [0.2, 0.25) is 5.02 Å². The predicted octanol–water partition coefficient (Wildman–Crippen LogP) is 5.17. The van der Waals surface area contributed by atoms with Crippen molar-refractivity contribution < 1.29 is 33.1 Å². The number of halogens is 3. The Morgan fingerprint density at radius 3 is 2.15 bits per heavy atom. The Labute approximate surface area is 256 Å².